The van der Waals surface area contributed by atoms with Gasteiger partial charge in [-0.15, -0.1) is 5.10 Å². The van der Waals surface area contributed by atoms with Gasteiger partial charge in [0.15, 0.2) is 0 Å². The molecule has 132 valence electrons. The second-order valence-corrected chi connectivity index (χ2v) is 7.47. The van der Waals surface area contributed by atoms with Crippen LogP contribution in [-0.4, -0.2) is 49.4 Å². The minimum Gasteiger partial charge on any atom is -0.327 e. The van der Waals surface area contributed by atoms with E-state index in [4.69, 9.17) is 5.26 Å². The minimum atomic E-state index is -0.851. The van der Waals surface area contributed by atoms with Crippen LogP contribution >= 0.6 is 11.8 Å². The summed E-state index contributed by atoms with van der Waals surface area (Å²) in [6.07, 6.45) is 0. The molecule has 0 radical (unpaired) electrons. The van der Waals surface area contributed by atoms with E-state index in [-0.39, 0.29) is 11.7 Å². The molecule has 0 bridgehead atoms. The van der Waals surface area contributed by atoms with Crippen LogP contribution in [0.3, 0.4) is 0 Å². The zero-order chi connectivity index (χ0) is 18.6. The largest absolute Gasteiger partial charge is 0.327 e. The molecule has 2 aromatic rings. The minimum absolute atomic E-state index is 0.152. The van der Waals surface area contributed by atoms with Crippen LogP contribution in [0.4, 0.5) is 0 Å². The zero-order valence-corrected chi connectivity index (χ0v) is 15.9. The number of carbonyl (C=O) groups excluding carboxylic acids is 1. The van der Waals surface area contributed by atoms with Gasteiger partial charge in [-0.05, 0) is 47.9 Å². The lowest BCUT2D eigenvalue weighted by molar-refractivity contribution is -0.130. The van der Waals surface area contributed by atoms with Crippen LogP contribution in [0.2, 0.25) is 0 Å². The Morgan fingerprint density at radius 2 is 2.00 bits per heavy atom. The maximum Gasteiger partial charge on any atom is 0.234 e. The van der Waals surface area contributed by atoms with Crippen LogP contribution in [-0.2, 0) is 4.79 Å². The average molecular weight is 358 g/mol. The molecule has 25 heavy (non-hydrogen) atoms. The highest BCUT2D eigenvalue weighted by molar-refractivity contribution is 7.99. The summed E-state index contributed by atoms with van der Waals surface area (Å²) < 4.78 is 1.61. The van der Waals surface area contributed by atoms with Gasteiger partial charge in [0.25, 0.3) is 0 Å². The topological polar surface area (TPSA) is 87.7 Å². The monoisotopic (exact) mass is 358 g/mol. The molecule has 2 rings (SSSR count). The summed E-state index contributed by atoms with van der Waals surface area (Å²) in [6.45, 7) is 7.68. The molecule has 0 unspecified atom stereocenters. The fraction of sp³-hybridized carbons (Fsp3) is 0.471. The first-order chi connectivity index (χ1) is 11.8. The standard InChI is InChI=1S/C17H22N6OS/c1-12(2)13-6-8-14(9-7-13)23-16(19-20-21-23)25-10-15(24)22(5)17(3,4)11-18/h6-9,12H,10H2,1-5H3. The summed E-state index contributed by atoms with van der Waals surface area (Å²) in [7, 11) is 1.62. The van der Waals surface area contributed by atoms with Gasteiger partial charge in [-0.2, -0.15) is 9.94 Å². The molecule has 0 fully saturated rings. The summed E-state index contributed by atoms with van der Waals surface area (Å²) in [6, 6.07) is 10.1. The first kappa shape index (κ1) is 18.9. The third-order valence-electron chi connectivity index (χ3n) is 4.06. The lowest BCUT2D eigenvalue weighted by atomic mass is 10.0. The molecule has 0 aliphatic heterocycles. The normalized spacial score (nSPS) is 11.4. The predicted molar refractivity (Wildman–Crippen MR) is 96.4 cm³/mol. The van der Waals surface area contributed by atoms with E-state index >= 15 is 0 Å². The van der Waals surface area contributed by atoms with Crippen LogP contribution in [0, 0.1) is 11.3 Å². The van der Waals surface area contributed by atoms with E-state index in [1.807, 2.05) is 24.3 Å². The summed E-state index contributed by atoms with van der Waals surface area (Å²) >= 11 is 1.25. The van der Waals surface area contributed by atoms with Crippen molar-refractivity contribution in [3.05, 3.63) is 29.8 Å². The summed E-state index contributed by atoms with van der Waals surface area (Å²) in [5.41, 5.74) is 1.23. The van der Waals surface area contributed by atoms with Gasteiger partial charge in [-0.3, -0.25) is 4.79 Å². The molecular formula is C17H22N6OS. The SMILES string of the molecule is CC(C)c1ccc(-n2nnnc2SCC(=O)N(C)C(C)(C)C#N)cc1. The van der Waals surface area contributed by atoms with Gasteiger partial charge in [0, 0.05) is 7.05 Å². The molecule has 0 saturated heterocycles. The molecule has 0 aliphatic carbocycles. The van der Waals surface area contributed by atoms with Crippen molar-refractivity contribution in [2.75, 3.05) is 12.8 Å². The van der Waals surface area contributed by atoms with Crippen molar-refractivity contribution in [1.82, 2.24) is 25.1 Å². The van der Waals surface area contributed by atoms with Crippen molar-refractivity contribution in [2.24, 2.45) is 0 Å². The number of rotatable bonds is 6. The highest BCUT2D eigenvalue weighted by Crippen LogP contribution is 2.22. The highest BCUT2D eigenvalue weighted by atomic mass is 32.2. The number of nitrogens with zero attached hydrogens (tertiary/aromatic N) is 6. The smallest absolute Gasteiger partial charge is 0.234 e. The number of benzene rings is 1. The molecule has 0 N–H and O–H groups in total. The third-order valence-corrected chi connectivity index (χ3v) is 4.96. The number of aromatic nitrogens is 4. The van der Waals surface area contributed by atoms with Crippen molar-refractivity contribution in [2.45, 2.75) is 44.3 Å². The van der Waals surface area contributed by atoms with Crippen LogP contribution in [0.5, 0.6) is 0 Å². The number of amides is 1. The Kier molecular flexibility index (Phi) is 5.80. The zero-order valence-electron chi connectivity index (χ0n) is 15.1. The molecule has 0 atom stereocenters. The molecular weight excluding hydrogens is 336 g/mol. The number of tetrazole rings is 1. The van der Waals surface area contributed by atoms with E-state index in [9.17, 15) is 4.79 Å². The van der Waals surface area contributed by atoms with E-state index in [1.54, 1.807) is 25.6 Å². The highest BCUT2D eigenvalue weighted by Gasteiger charge is 2.27. The lowest BCUT2D eigenvalue weighted by Gasteiger charge is -2.28. The van der Waals surface area contributed by atoms with Crippen molar-refractivity contribution >= 4 is 17.7 Å². The van der Waals surface area contributed by atoms with Crippen LogP contribution < -0.4 is 0 Å². The number of nitriles is 1. The van der Waals surface area contributed by atoms with E-state index in [0.717, 1.165) is 5.69 Å². The van der Waals surface area contributed by atoms with Crippen LogP contribution in [0.25, 0.3) is 5.69 Å². The third kappa shape index (κ3) is 4.37. The number of thioether (sulfide) groups is 1. The van der Waals surface area contributed by atoms with E-state index in [0.29, 0.717) is 11.1 Å². The fourth-order valence-corrected chi connectivity index (χ4v) is 2.85. The quantitative estimate of drug-likeness (QED) is 0.738. The first-order valence-corrected chi connectivity index (χ1v) is 8.94. The molecule has 7 nitrogen and oxygen atoms in total. The second-order valence-electron chi connectivity index (χ2n) is 6.53. The Morgan fingerprint density at radius 1 is 1.36 bits per heavy atom. The average Bonchev–Trinajstić information content (AvgIpc) is 3.07. The Morgan fingerprint density at radius 3 is 2.56 bits per heavy atom. The maximum absolute atomic E-state index is 12.3. The lowest BCUT2D eigenvalue weighted by Crippen LogP contribution is -2.44. The fourth-order valence-electron chi connectivity index (χ4n) is 2.04. The van der Waals surface area contributed by atoms with Crippen LogP contribution in [0.1, 0.15) is 39.2 Å². The number of carbonyl (C=O) groups is 1. The van der Waals surface area contributed by atoms with Gasteiger partial charge < -0.3 is 4.90 Å². The Labute approximate surface area is 152 Å². The molecule has 8 heteroatoms. The number of hydrogen-bond donors (Lipinski definition) is 0. The molecule has 1 aromatic carbocycles. The Hall–Kier alpha value is -2.40. The summed E-state index contributed by atoms with van der Waals surface area (Å²) in [5, 5.41) is 21.4. The molecule has 1 amide bonds. The Bertz CT molecular complexity index is 775. The van der Waals surface area contributed by atoms with Crippen LogP contribution in [0.15, 0.2) is 29.4 Å². The predicted octanol–water partition coefficient (Wildman–Crippen LogP) is 2.64. The summed E-state index contributed by atoms with van der Waals surface area (Å²) in [5.74, 6) is 0.459. The first-order valence-electron chi connectivity index (χ1n) is 7.95. The van der Waals surface area contributed by atoms with Gasteiger partial charge in [0.2, 0.25) is 11.1 Å². The molecule has 0 spiro atoms. The molecule has 1 heterocycles. The van der Waals surface area contributed by atoms with Gasteiger partial charge in [0.05, 0.1) is 17.5 Å². The van der Waals surface area contributed by atoms with Crippen molar-refractivity contribution in [3.63, 3.8) is 0 Å². The van der Waals surface area contributed by atoms with E-state index in [1.165, 1.54) is 22.2 Å². The summed E-state index contributed by atoms with van der Waals surface area (Å²) in [4.78, 5) is 13.7. The molecule has 0 saturated carbocycles. The van der Waals surface area contributed by atoms with E-state index in [2.05, 4.69) is 35.4 Å². The number of hydrogen-bond acceptors (Lipinski definition) is 6. The van der Waals surface area contributed by atoms with Crippen molar-refractivity contribution in [1.29, 1.82) is 5.26 Å². The van der Waals surface area contributed by atoms with Gasteiger partial charge in [-0.1, -0.05) is 37.7 Å². The Balaban J connectivity index is 2.10. The second kappa shape index (κ2) is 7.66. The molecule has 0 aliphatic rings. The van der Waals surface area contributed by atoms with E-state index < -0.39 is 5.54 Å². The maximum atomic E-state index is 12.3. The van der Waals surface area contributed by atoms with Gasteiger partial charge >= 0.3 is 0 Å². The molecule has 1 aromatic heterocycles. The van der Waals surface area contributed by atoms with Crippen molar-refractivity contribution < 1.29 is 4.79 Å². The van der Waals surface area contributed by atoms with Gasteiger partial charge in [-0.25, -0.2) is 0 Å². The van der Waals surface area contributed by atoms with Gasteiger partial charge in [0.1, 0.15) is 5.54 Å². The van der Waals surface area contributed by atoms with Crippen molar-refractivity contribution in [3.8, 4) is 11.8 Å².